The van der Waals surface area contributed by atoms with Crippen molar-refractivity contribution in [3.63, 3.8) is 0 Å². The van der Waals surface area contributed by atoms with Crippen LogP contribution in [0.4, 0.5) is 0 Å². The third-order valence-corrected chi connectivity index (χ3v) is 1.38. The van der Waals surface area contributed by atoms with E-state index in [2.05, 4.69) is 5.10 Å². The molecule has 0 radical (unpaired) electrons. The fraction of sp³-hybridized carbons (Fsp3) is 0.778. The van der Waals surface area contributed by atoms with Gasteiger partial charge in [0.25, 0.3) is 0 Å². The number of hydrogen-bond acceptors (Lipinski definition) is 4. The summed E-state index contributed by atoms with van der Waals surface area (Å²) in [5, 5.41) is 3.51. The second kappa shape index (κ2) is 5.47. The summed E-state index contributed by atoms with van der Waals surface area (Å²) >= 11 is 0. The first kappa shape index (κ1) is 12.7. The van der Waals surface area contributed by atoms with E-state index in [1.54, 1.807) is 0 Å². The molecule has 5 nitrogen and oxygen atoms in total. The van der Waals surface area contributed by atoms with Gasteiger partial charge in [0, 0.05) is 12.8 Å². The number of carbonyl (C=O) groups is 1. The molecule has 4 N–H and O–H groups in total. The number of ether oxygens (including phenoxy) is 1. The summed E-state index contributed by atoms with van der Waals surface area (Å²) in [6.07, 6.45) is 1.48. The number of nitrogens with two attached hydrogens (primary N) is 2. The maximum absolute atomic E-state index is 10.5. The van der Waals surface area contributed by atoms with Crippen molar-refractivity contribution in [3.8, 4) is 0 Å². The number of hydrazone groups is 1. The molecule has 0 aromatic carbocycles. The first-order chi connectivity index (χ1) is 6.35. The van der Waals surface area contributed by atoms with E-state index in [1.165, 1.54) is 0 Å². The molecule has 0 saturated carbocycles. The minimum atomic E-state index is -0.322. The average molecular weight is 201 g/mol. The largest absolute Gasteiger partial charge is 0.474 e. The molecular weight excluding hydrogens is 182 g/mol. The van der Waals surface area contributed by atoms with E-state index in [-0.39, 0.29) is 11.5 Å². The standard InChI is InChI=1S/C9H19N3O2/c1-9(2,3)14-8(12-11)6-4-5-7(10)13/h4-6,11H2,1-3H3,(H2,10,13). The third-order valence-electron chi connectivity index (χ3n) is 1.38. The van der Waals surface area contributed by atoms with Gasteiger partial charge in [0.05, 0.1) is 0 Å². The molecule has 0 heterocycles. The predicted molar refractivity (Wildman–Crippen MR) is 55.5 cm³/mol. The van der Waals surface area contributed by atoms with Gasteiger partial charge in [0.2, 0.25) is 11.8 Å². The van der Waals surface area contributed by atoms with E-state index in [0.717, 1.165) is 0 Å². The molecule has 0 atom stereocenters. The van der Waals surface area contributed by atoms with Crippen LogP contribution in [0.25, 0.3) is 0 Å². The Bertz CT molecular complexity index is 219. The molecular formula is C9H19N3O2. The molecule has 1 amide bonds. The highest BCUT2D eigenvalue weighted by Crippen LogP contribution is 2.10. The van der Waals surface area contributed by atoms with Crippen LogP contribution in [0.3, 0.4) is 0 Å². The molecule has 0 aliphatic heterocycles. The smallest absolute Gasteiger partial charge is 0.217 e. The van der Waals surface area contributed by atoms with Crippen molar-refractivity contribution in [3.05, 3.63) is 0 Å². The Balaban J connectivity index is 3.88. The fourth-order valence-corrected chi connectivity index (χ4v) is 0.909. The molecule has 0 saturated heterocycles. The molecule has 82 valence electrons. The zero-order chi connectivity index (χ0) is 11.2. The van der Waals surface area contributed by atoms with E-state index >= 15 is 0 Å². The Hall–Kier alpha value is -1.26. The van der Waals surface area contributed by atoms with E-state index in [0.29, 0.717) is 25.2 Å². The molecule has 0 fully saturated rings. The summed E-state index contributed by atoms with van der Waals surface area (Å²) in [6.45, 7) is 5.73. The van der Waals surface area contributed by atoms with Crippen molar-refractivity contribution in [2.24, 2.45) is 16.7 Å². The zero-order valence-electron chi connectivity index (χ0n) is 9.04. The molecule has 0 aromatic rings. The summed E-state index contributed by atoms with van der Waals surface area (Å²) in [7, 11) is 0. The van der Waals surface area contributed by atoms with Gasteiger partial charge in [0.15, 0.2) is 0 Å². The first-order valence-corrected chi connectivity index (χ1v) is 4.59. The van der Waals surface area contributed by atoms with Crippen LogP contribution in [0, 0.1) is 0 Å². The van der Waals surface area contributed by atoms with Gasteiger partial charge in [-0.3, -0.25) is 4.79 Å². The second-order valence-corrected chi connectivity index (χ2v) is 4.06. The molecule has 0 rings (SSSR count). The normalized spacial score (nSPS) is 12.6. The monoisotopic (exact) mass is 201 g/mol. The number of nitrogens with zero attached hydrogens (tertiary/aromatic N) is 1. The molecule has 0 aromatic heterocycles. The van der Waals surface area contributed by atoms with Crippen LogP contribution in [-0.2, 0) is 9.53 Å². The van der Waals surface area contributed by atoms with Gasteiger partial charge >= 0.3 is 0 Å². The number of hydrogen-bond donors (Lipinski definition) is 2. The Kier molecular flexibility index (Phi) is 4.97. The molecule has 14 heavy (non-hydrogen) atoms. The van der Waals surface area contributed by atoms with Crippen LogP contribution in [-0.4, -0.2) is 17.4 Å². The number of primary amides is 1. The lowest BCUT2D eigenvalue weighted by Crippen LogP contribution is -2.25. The Morgan fingerprint density at radius 3 is 2.29 bits per heavy atom. The van der Waals surface area contributed by atoms with Crippen LogP contribution in [0.15, 0.2) is 5.10 Å². The summed E-state index contributed by atoms with van der Waals surface area (Å²) in [5.74, 6) is 5.28. The van der Waals surface area contributed by atoms with Crippen molar-refractivity contribution >= 4 is 11.8 Å². The summed E-state index contributed by atoms with van der Waals surface area (Å²) in [6, 6.07) is 0. The average Bonchev–Trinajstić information content (AvgIpc) is 1.99. The Labute approximate surface area is 84.5 Å². The third kappa shape index (κ3) is 7.39. The molecule has 0 aliphatic rings. The van der Waals surface area contributed by atoms with Crippen molar-refractivity contribution < 1.29 is 9.53 Å². The van der Waals surface area contributed by atoms with Gasteiger partial charge in [-0.2, -0.15) is 0 Å². The van der Waals surface area contributed by atoms with Crippen molar-refractivity contribution in [2.75, 3.05) is 0 Å². The SMILES string of the molecule is CC(C)(C)OC(CCCC(N)=O)=NN. The maximum Gasteiger partial charge on any atom is 0.217 e. The van der Waals surface area contributed by atoms with Gasteiger partial charge in [0.1, 0.15) is 5.60 Å². The maximum atomic E-state index is 10.5. The molecule has 0 spiro atoms. The van der Waals surface area contributed by atoms with Crippen LogP contribution in [0.1, 0.15) is 40.0 Å². The first-order valence-electron chi connectivity index (χ1n) is 4.59. The fourth-order valence-electron chi connectivity index (χ4n) is 0.909. The topological polar surface area (TPSA) is 90.7 Å². The molecule has 0 bridgehead atoms. The van der Waals surface area contributed by atoms with Crippen LogP contribution in [0.2, 0.25) is 0 Å². The highest BCUT2D eigenvalue weighted by atomic mass is 16.5. The quantitative estimate of drug-likeness (QED) is 0.304. The number of carbonyl (C=O) groups excluding carboxylic acids is 1. The lowest BCUT2D eigenvalue weighted by molar-refractivity contribution is -0.118. The Morgan fingerprint density at radius 2 is 1.93 bits per heavy atom. The van der Waals surface area contributed by atoms with E-state index in [9.17, 15) is 4.79 Å². The van der Waals surface area contributed by atoms with Gasteiger partial charge in [-0.25, -0.2) is 0 Å². The van der Waals surface area contributed by atoms with Gasteiger partial charge < -0.3 is 16.3 Å². The van der Waals surface area contributed by atoms with E-state index in [4.69, 9.17) is 16.3 Å². The number of rotatable bonds is 4. The molecule has 0 unspecified atom stereocenters. The number of amides is 1. The molecule has 5 heteroatoms. The highest BCUT2D eigenvalue weighted by Gasteiger charge is 2.14. The molecule has 0 aliphatic carbocycles. The van der Waals surface area contributed by atoms with Crippen molar-refractivity contribution in [2.45, 2.75) is 45.6 Å². The van der Waals surface area contributed by atoms with Crippen LogP contribution >= 0.6 is 0 Å². The second-order valence-electron chi connectivity index (χ2n) is 4.06. The van der Waals surface area contributed by atoms with Crippen molar-refractivity contribution in [1.29, 1.82) is 0 Å². The van der Waals surface area contributed by atoms with Gasteiger partial charge in [-0.15, -0.1) is 5.10 Å². The summed E-state index contributed by atoms with van der Waals surface area (Å²) in [5.41, 5.74) is 4.68. The minimum Gasteiger partial charge on any atom is -0.474 e. The predicted octanol–water partition coefficient (Wildman–Crippen LogP) is 0.729. The minimum absolute atomic E-state index is 0.315. The summed E-state index contributed by atoms with van der Waals surface area (Å²) in [4.78, 5) is 10.5. The Morgan fingerprint density at radius 1 is 1.36 bits per heavy atom. The van der Waals surface area contributed by atoms with Crippen LogP contribution in [0.5, 0.6) is 0 Å². The van der Waals surface area contributed by atoms with Crippen LogP contribution < -0.4 is 11.6 Å². The zero-order valence-corrected chi connectivity index (χ0v) is 9.04. The van der Waals surface area contributed by atoms with E-state index in [1.807, 2.05) is 20.8 Å². The van der Waals surface area contributed by atoms with Crippen molar-refractivity contribution in [1.82, 2.24) is 0 Å². The lowest BCUT2D eigenvalue weighted by atomic mass is 10.2. The highest BCUT2D eigenvalue weighted by molar-refractivity contribution is 5.78. The van der Waals surface area contributed by atoms with E-state index < -0.39 is 0 Å². The summed E-state index contributed by atoms with van der Waals surface area (Å²) < 4.78 is 5.44. The van der Waals surface area contributed by atoms with Gasteiger partial charge in [-0.1, -0.05) is 0 Å². The van der Waals surface area contributed by atoms with Gasteiger partial charge in [-0.05, 0) is 27.2 Å². The lowest BCUT2D eigenvalue weighted by Gasteiger charge is -2.21.